The maximum Gasteiger partial charge on any atom is 0.122 e. The first-order valence-corrected chi connectivity index (χ1v) is 3.99. The molecule has 0 amide bonds. The Labute approximate surface area is 73.0 Å². The van der Waals surface area contributed by atoms with Gasteiger partial charge >= 0.3 is 0 Å². The Morgan fingerprint density at radius 2 is 2.00 bits per heavy atom. The maximum absolute atomic E-state index is 10.2. The third-order valence-corrected chi connectivity index (χ3v) is 1.70. The van der Waals surface area contributed by atoms with Crippen molar-refractivity contribution < 1.29 is 0 Å². The molecule has 0 unspecified atom stereocenters. The van der Waals surface area contributed by atoms with Crippen molar-refractivity contribution in [3.8, 4) is 0 Å². The van der Waals surface area contributed by atoms with Crippen LogP contribution in [0.1, 0.15) is 5.56 Å². The van der Waals surface area contributed by atoms with E-state index in [4.69, 9.17) is 0 Å². The molecular formula is C8H6BrNO. The molecule has 3 heteroatoms. The normalized spacial score (nSPS) is 11.2. The van der Waals surface area contributed by atoms with E-state index in [1.807, 2.05) is 30.3 Å². The third kappa shape index (κ3) is 1.98. The molecule has 2 nitrogen and oxygen atoms in total. The summed E-state index contributed by atoms with van der Waals surface area (Å²) in [6, 6.07) is 9.26. The highest BCUT2D eigenvalue weighted by atomic mass is 79.9. The Balaban J connectivity index is 3.01. The van der Waals surface area contributed by atoms with E-state index in [0.717, 1.165) is 5.56 Å². The highest BCUT2D eigenvalue weighted by Gasteiger charge is 1.97. The van der Waals surface area contributed by atoms with Gasteiger partial charge in [-0.2, -0.15) is 0 Å². The molecule has 0 aromatic heterocycles. The van der Waals surface area contributed by atoms with Gasteiger partial charge in [0.05, 0.1) is 0 Å². The zero-order valence-electron chi connectivity index (χ0n) is 5.70. The smallest absolute Gasteiger partial charge is 0.122 e. The minimum absolute atomic E-state index is 0.408. The van der Waals surface area contributed by atoms with Crippen LogP contribution in [-0.2, 0) is 0 Å². The Morgan fingerprint density at radius 3 is 2.45 bits per heavy atom. The van der Waals surface area contributed by atoms with Gasteiger partial charge in [0.15, 0.2) is 0 Å². The fourth-order valence-corrected chi connectivity index (χ4v) is 1.09. The van der Waals surface area contributed by atoms with Crippen molar-refractivity contribution >= 4 is 21.6 Å². The van der Waals surface area contributed by atoms with Crippen LogP contribution >= 0.6 is 15.9 Å². The highest BCUT2D eigenvalue weighted by molar-refractivity contribution is 9.11. The third-order valence-electron chi connectivity index (χ3n) is 1.27. The standard InChI is InChI=1S/C8H6BrNO/c9-6-8(10-11)7-4-2-1-3-5-7/h1-6H/b8-6+. The zero-order valence-corrected chi connectivity index (χ0v) is 7.28. The molecule has 0 atom stereocenters. The number of benzene rings is 1. The lowest BCUT2D eigenvalue weighted by Gasteiger charge is -1.93. The summed E-state index contributed by atoms with van der Waals surface area (Å²) in [5.74, 6) is 0. The minimum atomic E-state index is 0.408. The van der Waals surface area contributed by atoms with Crippen molar-refractivity contribution in [2.45, 2.75) is 0 Å². The van der Waals surface area contributed by atoms with Crippen molar-refractivity contribution in [3.63, 3.8) is 0 Å². The summed E-state index contributed by atoms with van der Waals surface area (Å²) in [6.45, 7) is 0. The van der Waals surface area contributed by atoms with Crippen molar-refractivity contribution in [1.29, 1.82) is 0 Å². The van der Waals surface area contributed by atoms with Gasteiger partial charge < -0.3 is 0 Å². The van der Waals surface area contributed by atoms with Crippen LogP contribution in [-0.4, -0.2) is 0 Å². The first-order chi connectivity index (χ1) is 5.38. The van der Waals surface area contributed by atoms with Gasteiger partial charge in [-0.25, -0.2) is 0 Å². The first-order valence-electron chi connectivity index (χ1n) is 3.07. The van der Waals surface area contributed by atoms with Crippen LogP contribution in [0.2, 0.25) is 0 Å². The average Bonchev–Trinajstić information content (AvgIpc) is 2.09. The summed E-state index contributed by atoms with van der Waals surface area (Å²) in [7, 11) is 0. The Kier molecular flexibility index (Phi) is 2.98. The van der Waals surface area contributed by atoms with Crippen LogP contribution < -0.4 is 0 Å². The number of hydrogen-bond donors (Lipinski definition) is 0. The van der Waals surface area contributed by atoms with E-state index >= 15 is 0 Å². The van der Waals surface area contributed by atoms with E-state index < -0.39 is 0 Å². The lowest BCUT2D eigenvalue weighted by atomic mass is 10.2. The summed E-state index contributed by atoms with van der Waals surface area (Å²) < 4.78 is 0. The van der Waals surface area contributed by atoms with E-state index in [2.05, 4.69) is 21.1 Å². The molecule has 0 heterocycles. The van der Waals surface area contributed by atoms with Gasteiger partial charge in [0, 0.05) is 10.5 Å². The van der Waals surface area contributed by atoms with Crippen molar-refractivity contribution in [2.75, 3.05) is 0 Å². The molecule has 0 aliphatic rings. The average molecular weight is 212 g/mol. The van der Waals surface area contributed by atoms with Gasteiger partial charge in [-0.15, -0.1) is 4.91 Å². The van der Waals surface area contributed by atoms with Gasteiger partial charge in [0.2, 0.25) is 0 Å². The summed E-state index contributed by atoms with van der Waals surface area (Å²) in [4.78, 5) is 11.7. The predicted octanol–water partition coefficient (Wildman–Crippen LogP) is 3.15. The Hall–Kier alpha value is -0.960. The Morgan fingerprint density at radius 1 is 1.36 bits per heavy atom. The monoisotopic (exact) mass is 211 g/mol. The van der Waals surface area contributed by atoms with E-state index in [-0.39, 0.29) is 0 Å². The molecule has 0 bridgehead atoms. The second kappa shape index (κ2) is 4.03. The molecule has 11 heavy (non-hydrogen) atoms. The largest absolute Gasteiger partial charge is 0.145 e. The molecule has 0 fully saturated rings. The van der Waals surface area contributed by atoms with Crippen LogP contribution in [0.4, 0.5) is 0 Å². The number of nitrogens with zero attached hydrogens (tertiary/aromatic N) is 1. The van der Waals surface area contributed by atoms with E-state index in [1.165, 1.54) is 4.99 Å². The number of nitroso groups, excluding NO2 is 1. The fourth-order valence-electron chi connectivity index (χ4n) is 0.745. The molecule has 0 aliphatic carbocycles. The van der Waals surface area contributed by atoms with E-state index in [1.54, 1.807) is 0 Å². The van der Waals surface area contributed by atoms with Crippen LogP contribution in [0.3, 0.4) is 0 Å². The molecule has 1 rings (SSSR count). The second-order valence-corrected chi connectivity index (χ2v) is 2.41. The molecule has 56 valence electrons. The number of hydrogen-bond acceptors (Lipinski definition) is 2. The molecular weight excluding hydrogens is 206 g/mol. The van der Waals surface area contributed by atoms with Crippen LogP contribution in [0.15, 0.2) is 40.5 Å². The van der Waals surface area contributed by atoms with Crippen molar-refractivity contribution in [3.05, 3.63) is 45.8 Å². The van der Waals surface area contributed by atoms with Gasteiger partial charge in [-0.3, -0.25) is 0 Å². The predicted molar refractivity (Wildman–Crippen MR) is 49.1 cm³/mol. The SMILES string of the molecule is O=N/C(=C/Br)c1ccccc1. The van der Waals surface area contributed by atoms with Gasteiger partial charge in [-0.05, 0) is 5.18 Å². The molecule has 0 radical (unpaired) electrons. The van der Waals surface area contributed by atoms with E-state index in [0.29, 0.717) is 5.70 Å². The van der Waals surface area contributed by atoms with Crippen LogP contribution in [0.25, 0.3) is 5.70 Å². The number of rotatable bonds is 2. The molecule has 1 aromatic carbocycles. The molecule has 1 aromatic rings. The topological polar surface area (TPSA) is 29.4 Å². The maximum atomic E-state index is 10.2. The fraction of sp³-hybridized carbons (Fsp3) is 0. The lowest BCUT2D eigenvalue weighted by Crippen LogP contribution is -1.76. The number of halogens is 1. The van der Waals surface area contributed by atoms with Crippen LogP contribution in [0.5, 0.6) is 0 Å². The second-order valence-electron chi connectivity index (χ2n) is 1.95. The van der Waals surface area contributed by atoms with E-state index in [9.17, 15) is 4.91 Å². The zero-order chi connectivity index (χ0) is 8.10. The summed E-state index contributed by atoms with van der Waals surface area (Å²) in [5, 5.41) is 2.84. The molecule has 0 saturated carbocycles. The molecule has 0 aliphatic heterocycles. The molecule has 0 saturated heterocycles. The van der Waals surface area contributed by atoms with Gasteiger partial charge in [0.25, 0.3) is 0 Å². The van der Waals surface area contributed by atoms with Crippen molar-refractivity contribution in [1.82, 2.24) is 0 Å². The first kappa shape index (κ1) is 8.14. The Bertz CT molecular complexity index is 269. The van der Waals surface area contributed by atoms with Crippen molar-refractivity contribution in [2.24, 2.45) is 5.18 Å². The quantitative estimate of drug-likeness (QED) is 0.692. The summed E-state index contributed by atoms with van der Waals surface area (Å²) >= 11 is 3.06. The summed E-state index contributed by atoms with van der Waals surface area (Å²) in [6.07, 6.45) is 0. The lowest BCUT2D eigenvalue weighted by molar-refractivity contribution is 1.50. The minimum Gasteiger partial charge on any atom is -0.145 e. The van der Waals surface area contributed by atoms with Gasteiger partial charge in [0.1, 0.15) is 5.70 Å². The summed E-state index contributed by atoms with van der Waals surface area (Å²) in [5.41, 5.74) is 1.23. The molecule has 0 spiro atoms. The van der Waals surface area contributed by atoms with Gasteiger partial charge in [-0.1, -0.05) is 46.3 Å². The van der Waals surface area contributed by atoms with Crippen LogP contribution in [0, 0.1) is 4.91 Å². The molecule has 0 N–H and O–H groups in total. The highest BCUT2D eigenvalue weighted by Crippen LogP contribution is 2.15.